The number of ether oxygens (including phenoxy) is 4. The minimum atomic E-state index is -0.621. The van der Waals surface area contributed by atoms with E-state index in [1.807, 2.05) is 49.4 Å². The number of hydrogen-bond donors (Lipinski definition) is 3. The van der Waals surface area contributed by atoms with E-state index in [2.05, 4.69) is 21.2 Å². The molecule has 0 fully saturated rings. The maximum absolute atomic E-state index is 12.7. The van der Waals surface area contributed by atoms with Gasteiger partial charge < -0.3 is 29.6 Å². The van der Waals surface area contributed by atoms with Crippen LogP contribution in [0.4, 0.5) is 0 Å². The average Bonchev–Trinajstić information content (AvgIpc) is 3.00. The lowest BCUT2D eigenvalue weighted by molar-refractivity contribution is -0.139. The fraction of sp³-hybridized carbons (Fsp3) is 0.250. The molecule has 10 nitrogen and oxygen atoms in total. The standard InChI is InChI=1S/C32H34N4O6S/c1-4-39-27-17-23(15-16-26(27)41-19-22-11-7-6-8-12-22)18-33-36-28(37)20-42-25-14-10-9-13-24(25)30-29(31(38)40-5-2)21(3)34-32(43)35-30/h6-18,30H,4-5,19-20H2,1-3H3,(H,36,37)(H2,34,35,43)/t30-/m0/s1. The Labute approximate surface area is 256 Å². The summed E-state index contributed by atoms with van der Waals surface area (Å²) in [6.45, 7) is 6.18. The highest BCUT2D eigenvalue weighted by Crippen LogP contribution is 2.33. The number of benzene rings is 3. The fourth-order valence-electron chi connectivity index (χ4n) is 4.34. The predicted octanol–water partition coefficient (Wildman–Crippen LogP) is 4.55. The van der Waals surface area contributed by atoms with Gasteiger partial charge in [-0.1, -0.05) is 48.5 Å². The number of thiocarbonyl (C=S) groups is 1. The van der Waals surface area contributed by atoms with Crippen LogP contribution in [0.5, 0.6) is 17.2 Å². The van der Waals surface area contributed by atoms with E-state index in [4.69, 9.17) is 31.2 Å². The van der Waals surface area contributed by atoms with Crippen molar-refractivity contribution >= 4 is 35.4 Å². The van der Waals surface area contributed by atoms with Crippen LogP contribution in [-0.4, -0.2) is 43.0 Å². The third-order valence-corrected chi connectivity index (χ3v) is 6.48. The van der Waals surface area contributed by atoms with Crippen LogP contribution in [0.25, 0.3) is 0 Å². The molecular weight excluding hydrogens is 568 g/mol. The molecule has 0 spiro atoms. The van der Waals surface area contributed by atoms with Crippen molar-refractivity contribution in [3.63, 3.8) is 0 Å². The molecule has 1 aliphatic rings. The first-order chi connectivity index (χ1) is 20.9. The smallest absolute Gasteiger partial charge is 0.338 e. The van der Waals surface area contributed by atoms with Gasteiger partial charge in [0.2, 0.25) is 0 Å². The van der Waals surface area contributed by atoms with Gasteiger partial charge in [0.15, 0.2) is 23.2 Å². The van der Waals surface area contributed by atoms with Crippen LogP contribution in [0.3, 0.4) is 0 Å². The Bertz CT molecular complexity index is 1510. The molecule has 0 saturated heterocycles. The van der Waals surface area contributed by atoms with Gasteiger partial charge in [0.25, 0.3) is 5.91 Å². The molecule has 43 heavy (non-hydrogen) atoms. The lowest BCUT2D eigenvalue weighted by atomic mass is 9.95. The molecule has 1 aliphatic heterocycles. The molecule has 4 rings (SSSR count). The maximum atomic E-state index is 12.7. The Morgan fingerprint density at radius 1 is 0.930 bits per heavy atom. The predicted molar refractivity (Wildman–Crippen MR) is 167 cm³/mol. The van der Waals surface area contributed by atoms with Crippen LogP contribution in [0, 0.1) is 0 Å². The Hall–Kier alpha value is -4.90. The minimum absolute atomic E-state index is 0.227. The van der Waals surface area contributed by atoms with Gasteiger partial charge >= 0.3 is 5.97 Å². The zero-order valence-corrected chi connectivity index (χ0v) is 25.0. The first kappa shape index (κ1) is 31.0. The summed E-state index contributed by atoms with van der Waals surface area (Å²) in [5.41, 5.74) is 5.82. The topological polar surface area (TPSA) is 120 Å². The molecule has 1 amide bonds. The zero-order valence-electron chi connectivity index (χ0n) is 24.2. The van der Waals surface area contributed by atoms with Crippen LogP contribution in [0.2, 0.25) is 0 Å². The van der Waals surface area contributed by atoms with Crippen LogP contribution in [-0.2, 0) is 20.9 Å². The van der Waals surface area contributed by atoms with E-state index in [9.17, 15) is 9.59 Å². The van der Waals surface area contributed by atoms with Crippen molar-refractivity contribution in [2.45, 2.75) is 33.4 Å². The monoisotopic (exact) mass is 602 g/mol. The van der Waals surface area contributed by atoms with E-state index in [-0.39, 0.29) is 13.2 Å². The number of amides is 1. The van der Waals surface area contributed by atoms with Gasteiger partial charge in [0.05, 0.1) is 31.0 Å². The lowest BCUT2D eigenvalue weighted by Crippen LogP contribution is -2.45. The number of carbonyl (C=O) groups excluding carboxylic acids is 2. The van der Waals surface area contributed by atoms with Gasteiger partial charge in [0.1, 0.15) is 12.4 Å². The quantitative estimate of drug-likeness (QED) is 0.112. The van der Waals surface area contributed by atoms with Crippen molar-refractivity contribution < 1.29 is 28.5 Å². The van der Waals surface area contributed by atoms with Crippen molar-refractivity contribution in [3.05, 3.63) is 101 Å². The minimum Gasteiger partial charge on any atom is -0.490 e. The molecular formula is C32H34N4O6S. The Balaban J connectivity index is 1.38. The number of carbonyl (C=O) groups is 2. The molecule has 0 radical (unpaired) electrons. The summed E-state index contributed by atoms with van der Waals surface area (Å²) in [7, 11) is 0. The molecule has 224 valence electrons. The van der Waals surface area contributed by atoms with Gasteiger partial charge in [0, 0.05) is 11.3 Å². The van der Waals surface area contributed by atoms with Crippen molar-refractivity contribution in [1.82, 2.24) is 16.1 Å². The summed E-state index contributed by atoms with van der Waals surface area (Å²) in [4.78, 5) is 25.3. The molecule has 0 aromatic heterocycles. The molecule has 0 unspecified atom stereocenters. The highest BCUT2D eigenvalue weighted by molar-refractivity contribution is 7.80. The number of allylic oxidation sites excluding steroid dienone is 1. The van der Waals surface area contributed by atoms with E-state index in [1.54, 1.807) is 44.2 Å². The normalized spacial score (nSPS) is 14.5. The van der Waals surface area contributed by atoms with E-state index in [1.165, 1.54) is 6.21 Å². The maximum Gasteiger partial charge on any atom is 0.338 e. The molecule has 11 heteroatoms. The summed E-state index contributed by atoms with van der Waals surface area (Å²) in [6, 6.07) is 21.8. The van der Waals surface area contributed by atoms with E-state index >= 15 is 0 Å². The molecule has 0 saturated carbocycles. The lowest BCUT2D eigenvalue weighted by Gasteiger charge is -2.30. The number of esters is 1. The van der Waals surface area contributed by atoms with Crippen molar-refractivity contribution in [1.29, 1.82) is 0 Å². The first-order valence-electron chi connectivity index (χ1n) is 13.8. The second kappa shape index (κ2) is 15.4. The number of nitrogens with zero attached hydrogens (tertiary/aromatic N) is 1. The first-order valence-corrected chi connectivity index (χ1v) is 14.2. The second-order valence-corrected chi connectivity index (χ2v) is 9.73. The molecule has 3 N–H and O–H groups in total. The van der Waals surface area contributed by atoms with Crippen molar-refractivity contribution in [2.75, 3.05) is 19.8 Å². The van der Waals surface area contributed by atoms with Gasteiger partial charge in [-0.3, -0.25) is 4.79 Å². The van der Waals surface area contributed by atoms with Gasteiger partial charge in [-0.15, -0.1) is 0 Å². The number of para-hydroxylation sites is 1. The van der Waals surface area contributed by atoms with Crippen molar-refractivity contribution in [2.24, 2.45) is 5.10 Å². The Kier molecular flexibility index (Phi) is 11.1. The van der Waals surface area contributed by atoms with Crippen LogP contribution < -0.4 is 30.3 Å². The number of hydrazone groups is 1. The second-order valence-electron chi connectivity index (χ2n) is 9.32. The van der Waals surface area contributed by atoms with Gasteiger partial charge in [-0.2, -0.15) is 5.10 Å². The SMILES string of the molecule is CCOC(=O)C1=C(C)NC(=S)N[C@H]1c1ccccc1OCC(=O)NN=Cc1ccc(OCc2ccccc2)c(OCC)c1. The van der Waals surface area contributed by atoms with Crippen molar-refractivity contribution in [3.8, 4) is 17.2 Å². The molecule has 3 aromatic carbocycles. The highest BCUT2D eigenvalue weighted by atomic mass is 32.1. The van der Waals surface area contributed by atoms with Crippen LogP contribution >= 0.6 is 12.2 Å². The van der Waals surface area contributed by atoms with E-state index in [0.29, 0.717) is 58.0 Å². The van der Waals surface area contributed by atoms with Crippen LogP contribution in [0.1, 0.15) is 43.5 Å². The number of hydrogen-bond acceptors (Lipinski definition) is 8. The summed E-state index contributed by atoms with van der Waals surface area (Å²) < 4.78 is 22.8. The Morgan fingerprint density at radius 3 is 2.47 bits per heavy atom. The summed E-state index contributed by atoms with van der Waals surface area (Å²) in [6.07, 6.45) is 1.51. The van der Waals surface area contributed by atoms with E-state index in [0.717, 1.165) is 5.56 Å². The highest BCUT2D eigenvalue weighted by Gasteiger charge is 2.32. The summed E-state index contributed by atoms with van der Waals surface area (Å²) in [5, 5.41) is 10.5. The summed E-state index contributed by atoms with van der Waals surface area (Å²) in [5.74, 6) is 0.652. The molecule has 3 aromatic rings. The third kappa shape index (κ3) is 8.55. The number of rotatable bonds is 13. The summed E-state index contributed by atoms with van der Waals surface area (Å²) >= 11 is 5.32. The molecule has 1 heterocycles. The molecule has 0 aliphatic carbocycles. The molecule has 1 atom stereocenters. The third-order valence-electron chi connectivity index (χ3n) is 6.26. The van der Waals surface area contributed by atoms with Gasteiger partial charge in [-0.25, -0.2) is 10.2 Å². The number of nitrogens with one attached hydrogen (secondary N) is 3. The zero-order chi connectivity index (χ0) is 30.6. The van der Waals surface area contributed by atoms with Gasteiger partial charge in [-0.05, 0) is 68.4 Å². The fourth-order valence-corrected chi connectivity index (χ4v) is 4.61. The molecule has 0 bridgehead atoms. The van der Waals surface area contributed by atoms with E-state index < -0.39 is 17.9 Å². The average molecular weight is 603 g/mol. The Morgan fingerprint density at radius 2 is 1.70 bits per heavy atom. The van der Waals surface area contributed by atoms with Crippen LogP contribution in [0.15, 0.2) is 89.2 Å². The largest absolute Gasteiger partial charge is 0.490 e.